The minimum absolute atomic E-state index is 0. The second-order valence-corrected chi connectivity index (χ2v) is 9.19. The highest BCUT2D eigenvalue weighted by Gasteiger charge is 2.48. The summed E-state index contributed by atoms with van der Waals surface area (Å²) in [6.45, 7) is 1.41. The number of nitrogens with one attached hydrogen (secondary N) is 1. The van der Waals surface area contributed by atoms with Crippen molar-refractivity contribution in [3.05, 3.63) is 60.7 Å². The molecule has 6 nitrogen and oxygen atoms in total. The van der Waals surface area contributed by atoms with Crippen LogP contribution in [0.1, 0.15) is 25.7 Å². The van der Waals surface area contributed by atoms with Gasteiger partial charge in [0.25, 0.3) is 0 Å². The van der Waals surface area contributed by atoms with Gasteiger partial charge in [0.05, 0.1) is 6.04 Å². The highest BCUT2D eigenvalue weighted by molar-refractivity contribution is 7.55. The average Bonchev–Trinajstić information content (AvgIpc) is 3.41. The van der Waals surface area contributed by atoms with Gasteiger partial charge in [0.1, 0.15) is 11.5 Å². The Hall–Kier alpha value is -2.01. The largest absolute Gasteiger partial charge is 0.453 e. The Balaban J connectivity index is 0.00000240. The van der Waals surface area contributed by atoms with Crippen molar-refractivity contribution >= 4 is 25.9 Å². The Morgan fingerprint density at radius 3 is 2.03 bits per heavy atom. The molecule has 0 radical (unpaired) electrons. The molecule has 2 aliphatic heterocycles. The molecule has 4 rings (SSSR count). The van der Waals surface area contributed by atoms with Gasteiger partial charge in [-0.05, 0) is 56.5 Å². The predicted molar refractivity (Wildman–Crippen MR) is 115 cm³/mol. The molecule has 1 amide bonds. The molecule has 0 aliphatic carbocycles. The predicted octanol–water partition coefficient (Wildman–Crippen LogP) is 4.46. The quantitative estimate of drug-likeness (QED) is 0.677. The number of halogens is 1. The van der Waals surface area contributed by atoms with E-state index in [4.69, 9.17) is 9.05 Å². The summed E-state index contributed by atoms with van der Waals surface area (Å²) < 4.78 is 25.9. The third kappa shape index (κ3) is 4.95. The molecular formula is C21H26ClN2O4P. The molecule has 2 fully saturated rings. The number of likely N-dealkylation sites (tertiary alicyclic amines) is 1. The van der Waals surface area contributed by atoms with Crippen LogP contribution in [0, 0.1) is 0 Å². The van der Waals surface area contributed by atoms with Crippen LogP contribution in [0.2, 0.25) is 0 Å². The second kappa shape index (κ2) is 9.66. The molecule has 0 aromatic heterocycles. The van der Waals surface area contributed by atoms with Gasteiger partial charge in [-0.1, -0.05) is 36.4 Å². The molecule has 1 unspecified atom stereocenters. The van der Waals surface area contributed by atoms with E-state index in [0.717, 1.165) is 25.8 Å². The highest BCUT2D eigenvalue weighted by atomic mass is 35.5. The highest BCUT2D eigenvalue weighted by Crippen LogP contribution is 2.57. The average molecular weight is 437 g/mol. The lowest BCUT2D eigenvalue weighted by molar-refractivity contribution is -0.132. The van der Waals surface area contributed by atoms with Crippen molar-refractivity contribution in [2.75, 3.05) is 13.1 Å². The van der Waals surface area contributed by atoms with E-state index < -0.39 is 13.4 Å². The van der Waals surface area contributed by atoms with E-state index >= 15 is 0 Å². The van der Waals surface area contributed by atoms with Crippen LogP contribution in [0.3, 0.4) is 0 Å². The first-order valence-corrected chi connectivity index (χ1v) is 11.4. The fourth-order valence-corrected chi connectivity index (χ4v) is 6.01. The number of carbonyl (C=O) groups excluding carboxylic acids is 1. The SMILES string of the molecule is Cl.O=C([C@@H]1CCCN1)N1CCCC1P(=O)(Oc1ccccc1)Oc1ccccc1. The van der Waals surface area contributed by atoms with Gasteiger partial charge in [0.2, 0.25) is 5.91 Å². The van der Waals surface area contributed by atoms with Crippen molar-refractivity contribution < 1.29 is 18.4 Å². The summed E-state index contributed by atoms with van der Waals surface area (Å²) in [6.07, 6.45) is 3.16. The molecule has 0 bridgehead atoms. The van der Waals surface area contributed by atoms with Crippen molar-refractivity contribution in [1.82, 2.24) is 10.2 Å². The maximum absolute atomic E-state index is 14.0. The molecule has 0 saturated carbocycles. The first-order chi connectivity index (χ1) is 13.7. The number of para-hydroxylation sites is 2. The third-order valence-electron chi connectivity index (χ3n) is 5.18. The summed E-state index contributed by atoms with van der Waals surface area (Å²) in [6, 6.07) is 17.8. The van der Waals surface area contributed by atoms with E-state index in [1.807, 2.05) is 36.4 Å². The molecule has 2 aromatic carbocycles. The van der Waals surface area contributed by atoms with Gasteiger partial charge in [0.15, 0.2) is 5.78 Å². The first kappa shape index (κ1) is 21.7. The summed E-state index contributed by atoms with van der Waals surface area (Å²) in [5.74, 6) is 0.344. The normalized spacial score (nSPS) is 21.4. The molecule has 29 heavy (non-hydrogen) atoms. The van der Waals surface area contributed by atoms with Gasteiger partial charge in [-0.3, -0.25) is 4.79 Å². The molecule has 156 valence electrons. The van der Waals surface area contributed by atoms with Crippen LogP contribution in [0.4, 0.5) is 0 Å². The zero-order chi connectivity index (χ0) is 19.4. The van der Waals surface area contributed by atoms with E-state index in [1.54, 1.807) is 29.2 Å². The van der Waals surface area contributed by atoms with E-state index in [2.05, 4.69) is 5.32 Å². The number of amides is 1. The topological polar surface area (TPSA) is 67.9 Å². The summed E-state index contributed by atoms with van der Waals surface area (Å²) in [7, 11) is -3.68. The second-order valence-electron chi connectivity index (χ2n) is 7.15. The van der Waals surface area contributed by atoms with Crippen LogP contribution in [0.15, 0.2) is 60.7 Å². The van der Waals surface area contributed by atoms with Gasteiger partial charge >= 0.3 is 7.60 Å². The molecule has 1 N–H and O–H groups in total. The lowest BCUT2D eigenvalue weighted by atomic mass is 10.2. The summed E-state index contributed by atoms with van der Waals surface area (Å²) in [5.41, 5.74) is 0. The van der Waals surface area contributed by atoms with Gasteiger partial charge in [-0.25, -0.2) is 4.57 Å². The summed E-state index contributed by atoms with van der Waals surface area (Å²) in [4.78, 5) is 14.7. The fraction of sp³-hybridized carbons (Fsp3) is 0.381. The van der Waals surface area contributed by atoms with E-state index in [-0.39, 0.29) is 24.4 Å². The monoisotopic (exact) mass is 436 g/mol. The van der Waals surface area contributed by atoms with Crippen molar-refractivity contribution in [2.24, 2.45) is 0 Å². The van der Waals surface area contributed by atoms with Crippen LogP contribution in [-0.2, 0) is 9.36 Å². The van der Waals surface area contributed by atoms with Gasteiger partial charge in [-0.2, -0.15) is 0 Å². The number of nitrogens with zero attached hydrogens (tertiary/aromatic N) is 1. The number of hydrogen-bond acceptors (Lipinski definition) is 5. The number of rotatable bonds is 6. The maximum Gasteiger partial charge on any atom is 0.453 e. The Bertz CT molecular complexity index is 801. The Morgan fingerprint density at radius 1 is 0.931 bits per heavy atom. The lowest BCUT2D eigenvalue weighted by Crippen LogP contribution is -2.46. The zero-order valence-electron chi connectivity index (χ0n) is 16.1. The molecule has 2 aromatic rings. The van der Waals surface area contributed by atoms with Crippen LogP contribution in [0.5, 0.6) is 11.5 Å². The Labute approximate surface area is 177 Å². The molecule has 2 aliphatic rings. The van der Waals surface area contributed by atoms with E-state index in [1.165, 1.54) is 0 Å². The first-order valence-electron chi connectivity index (χ1n) is 9.79. The number of benzene rings is 2. The molecule has 2 atom stereocenters. The smallest absolute Gasteiger partial charge is 0.415 e. The van der Waals surface area contributed by atoms with Gasteiger partial charge in [-0.15, -0.1) is 12.4 Å². The molecule has 0 spiro atoms. The molecular weight excluding hydrogens is 411 g/mol. The third-order valence-corrected chi connectivity index (χ3v) is 7.38. The number of hydrogen-bond donors (Lipinski definition) is 1. The van der Waals surface area contributed by atoms with Crippen LogP contribution in [0.25, 0.3) is 0 Å². The lowest BCUT2D eigenvalue weighted by Gasteiger charge is -2.32. The molecule has 2 heterocycles. The molecule has 2 saturated heterocycles. The minimum atomic E-state index is -3.68. The van der Waals surface area contributed by atoms with Crippen molar-refractivity contribution in [3.63, 3.8) is 0 Å². The minimum Gasteiger partial charge on any atom is -0.415 e. The van der Waals surface area contributed by atoms with Crippen molar-refractivity contribution in [2.45, 2.75) is 37.5 Å². The summed E-state index contributed by atoms with van der Waals surface area (Å²) in [5, 5.41) is 3.24. The van der Waals surface area contributed by atoms with Gasteiger partial charge < -0.3 is 19.3 Å². The van der Waals surface area contributed by atoms with Crippen LogP contribution >= 0.6 is 20.0 Å². The standard InChI is InChI=1S/C21H25N2O4P.ClH/c24-21(19-13-7-15-22-19)23-16-8-14-20(23)28(25,26-17-9-3-1-4-10-17)27-18-11-5-2-6-12-18;/h1-6,9-12,19-20,22H,7-8,13-16H2;1H/t19-,20?;/m0./s1. The van der Waals surface area contributed by atoms with Crippen molar-refractivity contribution in [3.8, 4) is 11.5 Å². The van der Waals surface area contributed by atoms with Crippen molar-refractivity contribution in [1.29, 1.82) is 0 Å². The van der Waals surface area contributed by atoms with E-state index in [0.29, 0.717) is 24.5 Å². The fourth-order valence-electron chi connectivity index (χ4n) is 3.83. The summed E-state index contributed by atoms with van der Waals surface area (Å²) >= 11 is 0. The van der Waals surface area contributed by atoms with Gasteiger partial charge in [0, 0.05) is 6.54 Å². The van der Waals surface area contributed by atoms with Crippen LogP contribution < -0.4 is 14.4 Å². The molecule has 8 heteroatoms. The Kier molecular flexibility index (Phi) is 7.23. The Morgan fingerprint density at radius 2 is 1.52 bits per heavy atom. The maximum atomic E-state index is 14.0. The zero-order valence-corrected chi connectivity index (χ0v) is 17.8. The number of carbonyl (C=O) groups is 1. The van der Waals surface area contributed by atoms with E-state index in [9.17, 15) is 9.36 Å². The van der Waals surface area contributed by atoms with Crippen LogP contribution in [-0.4, -0.2) is 35.7 Å².